The van der Waals surface area contributed by atoms with Crippen molar-refractivity contribution in [3.8, 4) is 0 Å². The zero-order valence-corrected chi connectivity index (χ0v) is 15.4. The van der Waals surface area contributed by atoms with E-state index in [9.17, 15) is 0 Å². The summed E-state index contributed by atoms with van der Waals surface area (Å²) in [5.41, 5.74) is 2.67. The van der Waals surface area contributed by atoms with E-state index in [2.05, 4.69) is 72.2 Å². The van der Waals surface area contributed by atoms with Crippen LogP contribution in [0.5, 0.6) is 0 Å². The van der Waals surface area contributed by atoms with Gasteiger partial charge in [-0.1, -0.05) is 48.7 Å². The van der Waals surface area contributed by atoms with Gasteiger partial charge in [0, 0.05) is 29.3 Å². The zero-order chi connectivity index (χ0) is 15.4. The van der Waals surface area contributed by atoms with Crippen LogP contribution in [0.4, 0.5) is 5.69 Å². The molecule has 1 aliphatic rings. The maximum Gasteiger partial charge on any atom is 0.0377 e. The number of benzene rings is 1. The lowest BCUT2D eigenvalue weighted by Crippen LogP contribution is -2.35. The van der Waals surface area contributed by atoms with Crippen LogP contribution >= 0.6 is 15.9 Å². The summed E-state index contributed by atoms with van der Waals surface area (Å²) >= 11 is 3.76. The van der Waals surface area contributed by atoms with Crippen LogP contribution in [0.25, 0.3) is 0 Å². The largest absolute Gasteiger partial charge is 0.372 e. The highest BCUT2D eigenvalue weighted by Gasteiger charge is 2.23. The van der Waals surface area contributed by atoms with Gasteiger partial charge in [-0.05, 0) is 49.9 Å². The smallest absolute Gasteiger partial charge is 0.0377 e. The average molecular weight is 353 g/mol. The van der Waals surface area contributed by atoms with Gasteiger partial charge in [-0.2, -0.15) is 0 Å². The minimum Gasteiger partial charge on any atom is -0.372 e. The first-order valence-corrected chi connectivity index (χ1v) is 9.07. The molecule has 0 bridgehead atoms. The number of nitrogens with one attached hydrogen (secondary N) is 1. The fraction of sp³-hybridized carbons (Fsp3) is 0.667. The molecule has 2 nitrogen and oxygen atoms in total. The summed E-state index contributed by atoms with van der Waals surface area (Å²) in [6, 6.07) is 7.89. The Bertz CT molecular complexity index is 461. The van der Waals surface area contributed by atoms with E-state index >= 15 is 0 Å². The molecule has 1 aromatic carbocycles. The molecule has 1 saturated carbocycles. The van der Waals surface area contributed by atoms with Gasteiger partial charge in [-0.25, -0.2) is 0 Å². The standard InChI is InChI=1S/C18H29BrN2/c1-5-20-14(3)17-10-9-16(12-18(17)19)21(4)15-8-6-7-13(2)11-15/h9-10,12-15,20H,5-8,11H2,1-4H3. The number of nitrogens with zero attached hydrogens (tertiary/aromatic N) is 1. The van der Waals surface area contributed by atoms with Gasteiger partial charge < -0.3 is 10.2 Å². The first-order chi connectivity index (χ1) is 10.0. The van der Waals surface area contributed by atoms with Gasteiger partial charge in [-0.15, -0.1) is 0 Å². The molecular weight excluding hydrogens is 324 g/mol. The first-order valence-electron chi connectivity index (χ1n) is 8.28. The maximum atomic E-state index is 3.76. The summed E-state index contributed by atoms with van der Waals surface area (Å²) in [4.78, 5) is 2.47. The van der Waals surface area contributed by atoms with E-state index in [0.717, 1.165) is 12.5 Å². The number of halogens is 1. The highest BCUT2D eigenvalue weighted by molar-refractivity contribution is 9.10. The number of hydrogen-bond donors (Lipinski definition) is 1. The third kappa shape index (κ3) is 4.23. The fourth-order valence-corrected chi connectivity index (χ4v) is 4.18. The molecule has 3 heteroatoms. The Morgan fingerprint density at radius 2 is 2.14 bits per heavy atom. The number of hydrogen-bond acceptors (Lipinski definition) is 2. The molecule has 1 aliphatic carbocycles. The Balaban J connectivity index is 2.11. The normalized spacial score (nSPS) is 23.9. The van der Waals surface area contributed by atoms with Crippen molar-refractivity contribution in [2.45, 2.75) is 58.5 Å². The third-order valence-corrected chi connectivity index (χ3v) is 5.51. The van der Waals surface area contributed by atoms with Gasteiger partial charge in [0.25, 0.3) is 0 Å². The van der Waals surface area contributed by atoms with Crippen molar-refractivity contribution in [1.29, 1.82) is 0 Å². The van der Waals surface area contributed by atoms with Gasteiger partial charge in [0.1, 0.15) is 0 Å². The predicted molar refractivity (Wildman–Crippen MR) is 96.1 cm³/mol. The van der Waals surface area contributed by atoms with Gasteiger partial charge in [0.05, 0.1) is 0 Å². The molecule has 1 aromatic rings. The highest BCUT2D eigenvalue weighted by Crippen LogP contribution is 2.32. The van der Waals surface area contributed by atoms with E-state index in [1.165, 1.54) is 41.4 Å². The third-order valence-electron chi connectivity index (χ3n) is 4.82. The van der Waals surface area contributed by atoms with E-state index in [1.54, 1.807) is 0 Å². The van der Waals surface area contributed by atoms with Crippen molar-refractivity contribution in [3.05, 3.63) is 28.2 Å². The lowest BCUT2D eigenvalue weighted by atomic mass is 9.86. The molecule has 3 atom stereocenters. The van der Waals surface area contributed by atoms with Crippen LogP contribution in [0.3, 0.4) is 0 Å². The van der Waals surface area contributed by atoms with Crippen molar-refractivity contribution >= 4 is 21.6 Å². The molecule has 118 valence electrons. The second-order valence-electron chi connectivity index (χ2n) is 6.52. The Kier molecular flexibility index (Phi) is 6.12. The lowest BCUT2D eigenvalue weighted by Gasteiger charge is -2.36. The van der Waals surface area contributed by atoms with E-state index in [4.69, 9.17) is 0 Å². The second kappa shape index (κ2) is 7.64. The Morgan fingerprint density at radius 1 is 1.38 bits per heavy atom. The Labute approximate surface area is 138 Å². The van der Waals surface area contributed by atoms with E-state index < -0.39 is 0 Å². The van der Waals surface area contributed by atoms with Crippen molar-refractivity contribution < 1.29 is 0 Å². The van der Waals surface area contributed by atoms with Crippen LogP contribution in [0.1, 0.15) is 58.1 Å². The highest BCUT2D eigenvalue weighted by atomic mass is 79.9. The summed E-state index contributed by atoms with van der Waals surface area (Å²) in [6.07, 6.45) is 5.41. The summed E-state index contributed by atoms with van der Waals surface area (Å²) in [7, 11) is 2.25. The zero-order valence-electron chi connectivity index (χ0n) is 13.8. The molecule has 1 N–H and O–H groups in total. The first kappa shape index (κ1) is 16.8. The van der Waals surface area contributed by atoms with Gasteiger partial charge in [0.2, 0.25) is 0 Å². The van der Waals surface area contributed by atoms with Crippen LogP contribution in [-0.2, 0) is 0 Å². The molecule has 0 saturated heterocycles. The number of rotatable bonds is 5. The van der Waals surface area contributed by atoms with Crippen LogP contribution in [-0.4, -0.2) is 19.6 Å². The second-order valence-corrected chi connectivity index (χ2v) is 7.38. The molecule has 0 heterocycles. The summed E-state index contributed by atoms with van der Waals surface area (Å²) in [5.74, 6) is 0.864. The van der Waals surface area contributed by atoms with E-state index in [-0.39, 0.29) is 0 Å². The molecule has 0 amide bonds. The van der Waals surface area contributed by atoms with Crippen molar-refractivity contribution in [2.24, 2.45) is 5.92 Å². The Hall–Kier alpha value is -0.540. The minimum atomic E-state index is 0.387. The predicted octanol–water partition coefficient (Wildman–Crippen LogP) is 5.13. The molecule has 3 unspecified atom stereocenters. The minimum absolute atomic E-state index is 0.387. The van der Waals surface area contributed by atoms with Crippen LogP contribution in [0.2, 0.25) is 0 Å². The van der Waals surface area contributed by atoms with Crippen LogP contribution in [0, 0.1) is 5.92 Å². The number of anilines is 1. The molecule has 0 radical (unpaired) electrons. The van der Waals surface area contributed by atoms with Crippen molar-refractivity contribution in [3.63, 3.8) is 0 Å². The summed E-state index contributed by atoms with van der Waals surface area (Å²) in [5, 5.41) is 3.48. The molecule has 2 rings (SSSR count). The van der Waals surface area contributed by atoms with Crippen molar-refractivity contribution in [1.82, 2.24) is 5.32 Å². The lowest BCUT2D eigenvalue weighted by molar-refractivity contribution is 0.336. The summed E-state index contributed by atoms with van der Waals surface area (Å²) in [6.45, 7) is 7.75. The average Bonchev–Trinajstić information content (AvgIpc) is 2.46. The molecule has 21 heavy (non-hydrogen) atoms. The van der Waals surface area contributed by atoms with Gasteiger partial charge in [0.15, 0.2) is 0 Å². The van der Waals surface area contributed by atoms with Crippen LogP contribution < -0.4 is 10.2 Å². The topological polar surface area (TPSA) is 15.3 Å². The SMILES string of the molecule is CCNC(C)c1ccc(N(C)C2CCCC(C)C2)cc1Br. The molecule has 0 spiro atoms. The fourth-order valence-electron chi connectivity index (χ4n) is 3.47. The van der Waals surface area contributed by atoms with Crippen LogP contribution in [0.15, 0.2) is 22.7 Å². The van der Waals surface area contributed by atoms with Crippen molar-refractivity contribution in [2.75, 3.05) is 18.5 Å². The quantitative estimate of drug-likeness (QED) is 0.789. The van der Waals surface area contributed by atoms with E-state index in [0.29, 0.717) is 12.1 Å². The van der Waals surface area contributed by atoms with E-state index in [1.807, 2.05) is 0 Å². The molecule has 1 fully saturated rings. The van der Waals surface area contributed by atoms with Gasteiger partial charge >= 0.3 is 0 Å². The van der Waals surface area contributed by atoms with Gasteiger partial charge in [-0.3, -0.25) is 0 Å². The maximum absolute atomic E-state index is 3.76. The summed E-state index contributed by atoms with van der Waals surface area (Å²) < 4.78 is 1.21. The molecule has 0 aromatic heterocycles. The molecule has 0 aliphatic heterocycles. The molecular formula is C18H29BrN2. The monoisotopic (exact) mass is 352 g/mol. The Morgan fingerprint density at radius 3 is 2.76 bits per heavy atom.